The molecule has 0 spiro atoms. The highest BCUT2D eigenvalue weighted by Crippen LogP contribution is 2.30. The largest absolute Gasteiger partial charge is 0.383 e. The van der Waals surface area contributed by atoms with Crippen LogP contribution in [0.5, 0.6) is 0 Å². The van der Waals surface area contributed by atoms with Crippen molar-refractivity contribution in [2.45, 2.75) is 12.8 Å². The molecule has 0 aliphatic carbocycles. The molecule has 1 saturated heterocycles. The normalized spacial score (nSPS) is 14.5. The molecule has 1 aliphatic rings. The first-order valence-electron chi connectivity index (χ1n) is 11.1. The van der Waals surface area contributed by atoms with Crippen molar-refractivity contribution in [3.05, 3.63) is 46.2 Å². The van der Waals surface area contributed by atoms with Gasteiger partial charge >= 0.3 is 0 Å². The van der Waals surface area contributed by atoms with Crippen LogP contribution in [-0.2, 0) is 4.74 Å². The first-order chi connectivity index (χ1) is 16.2. The standard InChI is InChI=1S/C23H26N6O3S/c1-32-13-9-25-23-26-14-15-19(30)18(21(31)24-8-12-28-10-4-5-11-28)22-29(20(15)27-23)16-6-2-3-7-17(16)33-22/h2-3,6-7,14H,4-5,8-13H2,1H3,(H,24,31)(H,25,26,27). The van der Waals surface area contributed by atoms with E-state index >= 15 is 0 Å². The van der Waals surface area contributed by atoms with Gasteiger partial charge < -0.3 is 20.3 Å². The predicted molar refractivity (Wildman–Crippen MR) is 131 cm³/mol. The van der Waals surface area contributed by atoms with E-state index in [0.717, 1.165) is 29.9 Å². The Kier molecular flexibility index (Phi) is 6.21. The first kappa shape index (κ1) is 21.7. The molecule has 2 N–H and O–H groups in total. The number of rotatable bonds is 8. The monoisotopic (exact) mass is 466 g/mol. The highest BCUT2D eigenvalue weighted by atomic mass is 32.1. The zero-order chi connectivity index (χ0) is 22.8. The number of para-hydroxylation sites is 1. The number of nitrogens with zero attached hydrogens (tertiary/aromatic N) is 4. The number of carbonyl (C=O) groups excluding carboxylic acids is 1. The minimum absolute atomic E-state index is 0.147. The molecule has 0 bridgehead atoms. The van der Waals surface area contributed by atoms with Crippen LogP contribution < -0.4 is 16.1 Å². The van der Waals surface area contributed by atoms with E-state index < -0.39 is 0 Å². The van der Waals surface area contributed by atoms with Crippen LogP contribution in [0.25, 0.3) is 26.1 Å². The number of pyridine rings is 1. The Balaban J connectivity index is 1.59. The molecule has 1 aromatic carbocycles. The number of hydrogen-bond donors (Lipinski definition) is 2. The van der Waals surface area contributed by atoms with Crippen LogP contribution in [-0.4, -0.2) is 71.6 Å². The van der Waals surface area contributed by atoms with E-state index in [9.17, 15) is 9.59 Å². The lowest BCUT2D eigenvalue weighted by Gasteiger charge is -2.15. The van der Waals surface area contributed by atoms with E-state index in [2.05, 4.69) is 25.5 Å². The first-order valence-corrected chi connectivity index (χ1v) is 12.0. The maximum absolute atomic E-state index is 13.5. The molecular weight excluding hydrogens is 440 g/mol. The lowest BCUT2D eigenvalue weighted by atomic mass is 10.2. The number of benzene rings is 1. The third kappa shape index (κ3) is 4.17. The van der Waals surface area contributed by atoms with Gasteiger partial charge in [0.15, 0.2) is 5.65 Å². The van der Waals surface area contributed by atoms with Gasteiger partial charge in [0.1, 0.15) is 10.4 Å². The molecule has 0 unspecified atom stereocenters. The lowest BCUT2D eigenvalue weighted by Crippen LogP contribution is -2.35. The average molecular weight is 467 g/mol. The van der Waals surface area contributed by atoms with E-state index in [1.165, 1.54) is 30.4 Å². The number of methoxy groups -OCH3 is 1. The average Bonchev–Trinajstić information content (AvgIpc) is 3.47. The number of aromatic nitrogens is 3. The van der Waals surface area contributed by atoms with Gasteiger partial charge in [-0.1, -0.05) is 12.1 Å². The number of amides is 1. The number of anilines is 1. The summed E-state index contributed by atoms with van der Waals surface area (Å²) in [5, 5.41) is 6.39. The van der Waals surface area contributed by atoms with E-state index in [1.54, 1.807) is 7.11 Å². The summed E-state index contributed by atoms with van der Waals surface area (Å²) in [6, 6.07) is 7.84. The van der Waals surface area contributed by atoms with Crippen molar-refractivity contribution in [3.8, 4) is 0 Å². The van der Waals surface area contributed by atoms with E-state index in [4.69, 9.17) is 4.74 Å². The topological polar surface area (TPSA) is 101 Å². The van der Waals surface area contributed by atoms with Gasteiger partial charge in [0.05, 0.1) is 22.2 Å². The molecule has 4 heterocycles. The van der Waals surface area contributed by atoms with Gasteiger partial charge in [0.2, 0.25) is 11.4 Å². The Morgan fingerprint density at radius 1 is 1.21 bits per heavy atom. The van der Waals surface area contributed by atoms with Gasteiger partial charge in [-0.3, -0.25) is 14.0 Å². The maximum atomic E-state index is 13.5. The molecule has 1 fully saturated rings. The Bertz CT molecular complexity index is 1380. The Morgan fingerprint density at radius 3 is 2.85 bits per heavy atom. The molecule has 0 atom stereocenters. The summed E-state index contributed by atoms with van der Waals surface area (Å²) in [6.45, 7) is 4.47. The number of likely N-dealkylation sites (tertiary alicyclic amines) is 1. The van der Waals surface area contributed by atoms with Gasteiger partial charge in [0, 0.05) is 32.9 Å². The van der Waals surface area contributed by atoms with Crippen LogP contribution in [0.1, 0.15) is 23.2 Å². The number of hydrogen-bond acceptors (Lipinski definition) is 8. The fourth-order valence-corrected chi connectivity index (χ4v) is 5.45. The van der Waals surface area contributed by atoms with E-state index in [-0.39, 0.29) is 16.9 Å². The molecule has 172 valence electrons. The number of nitrogens with one attached hydrogen (secondary N) is 2. The highest BCUT2D eigenvalue weighted by Gasteiger charge is 2.23. The fourth-order valence-electron chi connectivity index (χ4n) is 4.27. The molecule has 9 nitrogen and oxygen atoms in total. The zero-order valence-corrected chi connectivity index (χ0v) is 19.3. The van der Waals surface area contributed by atoms with Gasteiger partial charge in [-0.15, -0.1) is 11.3 Å². The van der Waals surface area contributed by atoms with Crippen LogP contribution in [0.3, 0.4) is 0 Å². The van der Waals surface area contributed by atoms with Crippen LogP contribution in [0.2, 0.25) is 0 Å². The summed E-state index contributed by atoms with van der Waals surface area (Å²) in [5.41, 5.74) is 1.18. The third-order valence-corrected chi connectivity index (χ3v) is 7.06. The van der Waals surface area contributed by atoms with Gasteiger partial charge in [-0.05, 0) is 38.1 Å². The van der Waals surface area contributed by atoms with Crippen molar-refractivity contribution in [1.82, 2.24) is 24.6 Å². The van der Waals surface area contributed by atoms with Gasteiger partial charge in [0.25, 0.3) is 5.91 Å². The van der Waals surface area contributed by atoms with Crippen molar-refractivity contribution in [2.24, 2.45) is 0 Å². The summed E-state index contributed by atoms with van der Waals surface area (Å²) in [5.74, 6) is 0.0540. The van der Waals surface area contributed by atoms with E-state index in [1.807, 2.05) is 28.7 Å². The van der Waals surface area contributed by atoms with E-state index in [0.29, 0.717) is 41.5 Å². The minimum atomic E-state index is -0.354. The molecule has 4 aromatic rings. The molecule has 5 rings (SSSR count). The molecular formula is C23H26N6O3S. The van der Waals surface area contributed by atoms with Crippen LogP contribution >= 0.6 is 11.3 Å². The van der Waals surface area contributed by atoms with Crippen molar-refractivity contribution in [1.29, 1.82) is 0 Å². The van der Waals surface area contributed by atoms with Gasteiger partial charge in [-0.2, -0.15) is 4.98 Å². The Hall–Kier alpha value is -3.08. The Labute approximate surface area is 194 Å². The second kappa shape index (κ2) is 9.42. The van der Waals surface area contributed by atoms with Crippen LogP contribution in [0.4, 0.5) is 5.95 Å². The smallest absolute Gasteiger partial charge is 0.258 e. The summed E-state index contributed by atoms with van der Waals surface area (Å²) < 4.78 is 7.95. The molecule has 33 heavy (non-hydrogen) atoms. The molecule has 10 heteroatoms. The predicted octanol–water partition coefficient (Wildman–Crippen LogP) is 2.34. The lowest BCUT2D eigenvalue weighted by molar-refractivity contribution is 0.0950. The molecule has 0 radical (unpaired) electrons. The molecule has 1 aliphatic heterocycles. The SMILES string of the molecule is COCCNc1ncc2c(=O)c(C(=O)NCCN3CCCC3)c3sc4ccccc4n3c2n1. The second-order valence-electron chi connectivity index (χ2n) is 8.07. The molecule has 1 amide bonds. The quantitative estimate of drug-likeness (QED) is 0.385. The fraction of sp³-hybridized carbons (Fsp3) is 0.391. The Morgan fingerprint density at radius 2 is 2.03 bits per heavy atom. The number of ether oxygens (including phenoxy) is 1. The zero-order valence-electron chi connectivity index (χ0n) is 18.5. The van der Waals surface area contributed by atoms with Crippen molar-refractivity contribution in [2.75, 3.05) is 51.8 Å². The van der Waals surface area contributed by atoms with Crippen LogP contribution in [0, 0.1) is 0 Å². The molecule has 3 aromatic heterocycles. The maximum Gasteiger partial charge on any atom is 0.258 e. The van der Waals surface area contributed by atoms with Crippen molar-refractivity contribution < 1.29 is 9.53 Å². The summed E-state index contributed by atoms with van der Waals surface area (Å²) >= 11 is 1.42. The molecule has 0 saturated carbocycles. The third-order valence-electron chi connectivity index (χ3n) is 5.91. The minimum Gasteiger partial charge on any atom is -0.383 e. The summed E-state index contributed by atoms with van der Waals surface area (Å²) in [6.07, 6.45) is 3.90. The number of carbonyl (C=O) groups is 1. The van der Waals surface area contributed by atoms with Crippen molar-refractivity contribution in [3.63, 3.8) is 0 Å². The van der Waals surface area contributed by atoms with Gasteiger partial charge in [-0.25, -0.2) is 4.98 Å². The number of thiazole rings is 1. The van der Waals surface area contributed by atoms with Crippen LogP contribution in [0.15, 0.2) is 35.3 Å². The number of fused-ring (bicyclic) bond motifs is 5. The summed E-state index contributed by atoms with van der Waals surface area (Å²) in [4.78, 5) is 38.5. The summed E-state index contributed by atoms with van der Waals surface area (Å²) in [7, 11) is 1.63. The highest BCUT2D eigenvalue weighted by molar-refractivity contribution is 7.24. The van der Waals surface area contributed by atoms with Crippen molar-refractivity contribution >= 4 is 49.3 Å². The second-order valence-corrected chi connectivity index (χ2v) is 9.10.